The lowest BCUT2D eigenvalue weighted by atomic mass is 9.94. The molecular weight excluding hydrogens is 357 g/mol. The first-order chi connectivity index (χ1) is 11.7. The maximum absolute atomic E-state index is 12.5. The van der Waals surface area contributed by atoms with Gasteiger partial charge in [0.1, 0.15) is 6.10 Å². The highest BCUT2D eigenvalue weighted by atomic mass is 32.2. The molecule has 1 aromatic heterocycles. The SMILES string of the molecule is CCCCS(=O)(=O)NC1CCC(Oc2ccc(C(F)(F)F)cn2)CC1. The Hall–Kier alpha value is -1.35. The van der Waals surface area contributed by atoms with Crippen LogP contribution in [0.25, 0.3) is 0 Å². The van der Waals surface area contributed by atoms with Crippen LogP contribution in [0.5, 0.6) is 5.88 Å². The Morgan fingerprint density at radius 1 is 1.24 bits per heavy atom. The van der Waals surface area contributed by atoms with Crippen molar-refractivity contribution in [1.29, 1.82) is 0 Å². The number of halogens is 3. The van der Waals surface area contributed by atoms with E-state index >= 15 is 0 Å². The maximum Gasteiger partial charge on any atom is 0.417 e. The summed E-state index contributed by atoms with van der Waals surface area (Å²) in [7, 11) is -3.25. The van der Waals surface area contributed by atoms with Gasteiger partial charge in [0.25, 0.3) is 0 Å². The van der Waals surface area contributed by atoms with E-state index in [4.69, 9.17) is 4.74 Å². The van der Waals surface area contributed by atoms with E-state index in [2.05, 4.69) is 9.71 Å². The van der Waals surface area contributed by atoms with Gasteiger partial charge in [0, 0.05) is 18.3 Å². The third kappa shape index (κ3) is 6.47. The molecule has 0 atom stereocenters. The smallest absolute Gasteiger partial charge is 0.417 e. The Morgan fingerprint density at radius 2 is 1.92 bits per heavy atom. The predicted molar refractivity (Wildman–Crippen MR) is 87.7 cm³/mol. The Kier molecular flexibility index (Phi) is 6.67. The van der Waals surface area contributed by atoms with Crippen molar-refractivity contribution in [3.63, 3.8) is 0 Å². The summed E-state index contributed by atoms with van der Waals surface area (Å²) in [6, 6.07) is 2.04. The average Bonchev–Trinajstić information content (AvgIpc) is 2.54. The molecule has 0 unspecified atom stereocenters. The second kappa shape index (κ2) is 8.35. The van der Waals surface area contributed by atoms with Crippen LogP contribution in [0.3, 0.4) is 0 Å². The second-order valence-electron chi connectivity index (χ2n) is 6.26. The quantitative estimate of drug-likeness (QED) is 0.786. The third-order valence-corrected chi connectivity index (χ3v) is 5.66. The van der Waals surface area contributed by atoms with E-state index in [1.54, 1.807) is 0 Å². The molecular formula is C16H23F3N2O3S. The molecule has 0 saturated heterocycles. The number of nitrogens with zero attached hydrogens (tertiary/aromatic N) is 1. The molecule has 1 fully saturated rings. The number of rotatable bonds is 7. The molecule has 0 amide bonds. The van der Waals surface area contributed by atoms with Crippen molar-refractivity contribution in [2.45, 2.75) is 63.8 Å². The van der Waals surface area contributed by atoms with Crippen LogP contribution in [0.15, 0.2) is 18.3 Å². The second-order valence-corrected chi connectivity index (χ2v) is 8.14. The van der Waals surface area contributed by atoms with Crippen LogP contribution in [0.4, 0.5) is 13.2 Å². The number of pyridine rings is 1. The van der Waals surface area contributed by atoms with E-state index in [-0.39, 0.29) is 23.8 Å². The minimum atomic E-state index is -4.42. The van der Waals surface area contributed by atoms with E-state index in [9.17, 15) is 21.6 Å². The summed E-state index contributed by atoms with van der Waals surface area (Å²) < 4.78 is 69.6. The van der Waals surface area contributed by atoms with Crippen LogP contribution in [-0.2, 0) is 16.2 Å². The highest BCUT2D eigenvalue weighted by Crippen LogP contribution is 2.30. The van der Waals surface area contributed by atoms with Gasteiger partial charge >= 0.3 is 6.18 Å². The summed E-state index contributed by atoms with van der Waals surface area (Å²) in [5.41, 5.74) is -0.815. The molecule has 1 aliphatic carbocycles. The van der Waals surface area contributed by atoms with Crippen LogP contribution in [0.1, 0.15) is 51.0 Å². The fourth-order valence-corrected chi connectivity index (χ4v) is 4.26. The van der Waals surface area contributed by atoms with Gasteiger partial charge in [-0.05, 0) is 38.2 Å². The first kappa shape index (κ1) is 20.0. The Morgan fingerprint density at radius 3 is 2.44 bits per heavy atom. The Bertz CT molecular complexity index is 640. The topological polar surface area (TPSA) is 68.3 Å². The molecule has 1 N–H and O–H groups in total. The standard InChI is InChI=1S/C16H23F3N2O3S/c1-2-3-10-25(22,23)21-13-5-7-14(8-6-13)24-15-9-4-12(11-20-15)16(17,18)19/h4,9,11,13-14,21H,2-3,5-8,10H2,1H3. The van der Waals surface area contributed by atoms with Crippen LogP contribution in [0, 0.1) is 0 Å². The number of aromatic nitrogens is 1. The summed E-state index contributed by atoms with van der Waals surface area (Å²) in [6.07, 6.45) is 0.150. The number of hydrogen-bond acceptors (Lipinski definition) is 4. The predicted octanol–water partition coefficient (Wildman–Crippen LogP) is 3.51. The number of unbranched alkanes of at least 4 members (excludes halogenated alkanes) is 1. The molecule has 0 bridgehead atoms. The fourth-order valence-electron chi connectivity index (χ4n) is 2.73. The number of ether oxygens (including phenoxy) is 1. The lowest BCUT2D eigenvalue weighted by Crippen LogP contribution is -2.40. The molecule has 0 aromatic carbocycles. The summed E-state index contributed by atoms with van der Waals surface area (Å²) in [5, 5.41) is 0. The Balaban J connectivity index is 1.80. The molecule has 0 spiro atoms. The highest BCUT2D eigenvalue weighted by molar-refractivity contribution is 7.89. The van der Waals surface area contributed by atoms with Crippen molar-refractivity contribution in [2.75, 3.05) is 5.75 Å². The van der Waals surface area contributed by atoms with Crippen LogP contribution < -0.4 is 9.46 Å². The fraction of sp³-hybridized carbons (Fsp3) is 0.688. The molecule has 5 nitrogen and oxygen atoms in total. The van der Waals surface area contributed by atoms with Gasteiger partial charge in [-0.1, -0.05) is 13.3 Å². The van der Waals surface area contributed by atoms with Crippen LogP contribution >= 0.6 is 0 Å². The molecule has 1 aliphatic rings. The van der Waals surface area contributed by atoms with Gasteiger partial charge in [-0.2, -0.15) is 13.2 Å². The van der Waals surface area contributed by atoms with Gasteiger partial charge in [-0.25, -0.2) is 18.1 Å². The zero-order valence-electron chi connectivity index (χ0n) is 14.1. The van der Waals surface area contributed by atoms with E-state index < -0.39 is 21.8 Å². The van der Waals surface area contributed by atoms with Gasteiger partial charge in [0.2, 0.25) is 15.9 Å². The van der Waals surface area contributed by atoms with Gasteiger partial charge < -0.3 is 4.74 Å². The molecule has 9 heteroatoms. The van der Waals surface area contributed by atoms with Crippen LogP contribution in [0.2, 0.25) is 0 Å². The highest BCUT2D eigenvalue weighted by Gasteiger charge is 2.31. The number of sulfonamides is 1. The molecule has 1 aromatic rings. The van der Waals surface area contributed by atoms with E-state index in [1.165, 1.54) is 6.07 Å². The maximum atomic E-state index is 12.5. The van der Waals surface area contributed by atoms with Gasteiger partial charge in [-0.3, -0.25) is 0 Å². The van der Waals surface area contributed by atoms with Gasteiger partial charge in [0.15, 0.2) is 0 Å². The average molecular weight is 380 g/mol. The molecule has 0 aliphatic heterocycles. The van der Waals surface area contributed by atoms with E-state index in [1.807, 2.05) is 6.92 Å². The van der Waals surface area contributed by atoms with Gasteiger partial charge in [0.05, 0.1) is 11.3 Å². The Labute approximate surface area is 146 Å². The number of hydrogen-bond donors (Lipinski definition) is 1. The zero-order valence-corrected chi connectivity index (χ0v) is 14.9. The van der Waals surface area contributed by atoms with Crippen molar-refractivity contribution >= 4 is 10.0 Å². The summed E-state index contributed by atoms with van der Waals surface area (Å²) in [4.78, 5) is 3.70. The first-order valence-corrected chi connectivity index (χ1v) is 10.0. The third-order valence-electron chi connectivity index (χ3n) is 4.14. The zero-order chi connectivity index (χ0) is 18.5. The van der Waals surface area contributed by atoms with E-state index in [0.717, 1.165) is 18.7 Å². The lowest BCUT2D eigenvalue weighted by Gasteiger charge is -2.29. The normalized spacial score (nSPS) is 21.9. The monoisotopic (exact) mass is 380 g/mol. The van der Waals surface area contributed by atoms with Gasteiger partial charge in [-0.15, -0.1) is 0 Å². The largest absolute Gasteiger partial charge is 0.474 e. The van der Waals surface area contributed by atoms with Crippen molar-refractivity contribution in [2.24, 2.45) is 0 Å². The molecule has 1 heterocycles. The number of alkyl halides is 3. The lowest BCUT2D eigenvalue weighted by molar-refractivity contribution is -0.137. The first-order valence-electron chi connectivity index (χ1n) is 8.39. The van der Waals surface area contributed by atoms with Crippen molar-refractivity contribution in [3.05, 3.63) is 23.9 Å². The molecule has 1 saturated carbocycles. The number of nitrogens with one attached hydrogen (secondary N) is 1. The molecule has 142 valence electrons. The van der Waals surface area contributed by atoms with Crippen LogP contribution in [-0.4, -0.2) is 31.3 Å². The molecule has 25 heavy (non-hydrogen) atoms. The molecule has 0 radical (unpaired) electrons. The summed E-state index contributed by atoms with van der Waals surface area (Å²) in [5.74, 6) is 0.287. The van der Waals surface area contributed by atoms with E-state index in [0.29, 0.717) is 32.1 Å². The van der Waals surface area contributed by atoms with Crippen molar-refractivity contribution in [1.82, 2.24) is 9.71 Å². The minimum absolute atomic E-state index is 0.109. The van der Waals surface area contributed by atoms with Crippen molar-refractivity contribution < 1.29 is 26.3 Å². The minimum Gasteiger partial charge on any atom is -0.474 e. The van der Waals surface area contributed by atoms with Crippen molar-refractivity contribution in [3.8, 4) is 5.88 Å². The summed E-state index contributed by atoms with van der Waals surface area (Å²) >= 11 is 0. The molecule has 2 rings (SSSR count). The summed E-state index contributed by atoms with van der Waals surface area (Å²) in [6.45, 7) is 1.94.